The Morgan fingerprint density at radius 2 is 1.25 bits per heavy atom. The third kappa shape index (κ3) is 8.13. The fourth-order valence-electron chi connectivity index (χ4n) is 0.224. The van der Waals surface area contributed by atoms with Gasteiger partial charge in [0, 0.05) is 21.3 Å². The fourth-order valence-corrected chi connectivity index (χ4v) is 0.671. The van der Waals surface area contributed by atoms with Crippen molar-refractivity contribution in [3.63, 3.8) is 0 Å². The van der Waals surface area contributed by atoms with E-state index in [1.165, 1.54) is 21.3 Å². The van der Waals surface area contributed by atoms with Gasteiger partial charge in [-0.1, -0.05) is 0 Å². The van der Waals surface area contributed by atoms with Crippen LogP contribution in [-0.2, 0) is 18.1 Å². The molecule has 0 atom stereocenters. The van der Waals surface area contributed by atoms with Crippen molar-refractivity contribution < 1.29 is 28.3 Å². The number of hydrogen-bond donors (Lipinski definition) is 2. The summed E-state index contributed by atoms with van der Waals surface area (Å²) in [6.45, 7) is -0.250. The molecule has 0 saturated heterocycles. The minimum atomic E-state index is -3.16. The SMILES string of the molecule is COP(=O)(OC)OC.OCCO. The third-order valence-electron chi connectivity index (χ3n) is 0.771. The van der Waals surface area contributed by atoms with E-state index in [4.69, 9.17) is 10.2 Å². The molecule has 0 aliphatic heterocycles. The van der Waals surface area contributed by atoms with Gasteiger partial charge in [-0.3, -0.25) is 13.6 Å². The van der Waals surface area contributed by atoms with Crippen molar-refractivity contribution in [2.24, 2.45) is 0 Å². The third-order valence-corrected chi connectivity index (χ3v) is 2.11. The van der Waals surface area contributed by atoms with Crippen LogP contribution in [0.3, 0.4) is 0 Å². The Labute approximate surface area is 71.7 Å². The van der Waals surface area contributed by atoms with E-state index in [-0.39, 0.29) is 13.2 Å². The number of rotatable bonds is 4. The second-order valence-electron chi connectivity index (χ2n) is 1.44. The zero-order valence-corrected chi connectivity index (χ0v) is 8.28. The molecule has 0 spiro atoms. The van der Waals surface area contributed by atoms with E-state index in [0.29, 0.717) is 0 Å². The van der Waals surface area contributed by atoms with E-state index in [1.807, 2.05) is 0 Å². The maximum Gasteiger partial charge on any atom is 0.473 e. The van der Waals surface area contributed by atoms with Crippen LogP contribution in [0, 0.1) is 0 Å². The van der Waals surface area contributed by atoms with Crippen LogP contribution in [-0.4, -0.2) is 44.8 Å². The molecule has 0 heterocycles. The Morgan fingerprint density at radius 3 is 1.25 bits per heavy atom. The van der Waals surface area contributed by atoms with Gasteiger partial charge in [-0.15, -0.1) is 0 Å². The first-order chi connectivity index (χ1) is 5.60. The zero-order chi connectivity index (χ0) is 10.0. The molecule has 12 heavy (non-hydrogen) atoms. The van der Waals surface area contributed by atoms with Crippen LogP contribution in [0.5, 0.6) is 0 Å². The van der Waals surface area contributed by atoms with Crippen molar-refractivity contribution in [1.82, 2.24) is 0 Å². The summed E-state index contributed by atoms with van der Waals surface area (Å²) in [5, 5.41) is 15.2. The highest BCUT2D eigenvalue weighted by Gasteiger charge is 2.18. The second kappa shape index (κ2) is 9.12. The van der Waals surface area contributed by atoms with Crippen LogP contribution in [0.1, 0.15) is 0 Å². The topological polar surface area (TPSA) is 85.2 Å². The van der Waals surface area contributed by atoms with Crippen LogP contribution < -0.4 is 0 Å². The largest absolute Gasteiger partial charge is 0.473 e. The molecular formula is C5H15O6P. The van der Waals surface area contributed by atoms with E-state index >= 15 is 0 Å². The van der Waals surface area contributed by atoms with E-state index < -0.39 is 7.82 Å². The average Bonchev–Trinajstić information content (AvgIpc) is 2.17. The Morgan fingerprint density at radius 1 is 1.00 bits per heavy atom. The Bertz CT molecular complexity index is 106. The average molecular weight is 202 g/mol. The van der Waals surface area contributed by atoms with Gasteiger partial charge in [0.15, 0.2) is 0 Å². The first kappa shape index (κ1) is 14.5. The van der Waals surface area contributed by atoms with Gasteiger partial charge in [-0.25, -0.2) is 4.57 Å². The molecule has 0 radical (unpaired) electrons. The van der Waals surface area contributed by atoms with E-state index in [2.05, 4.69) is 13.6 Å². The molecular weight excluding hydrogens is 187 g/mol. The van der Waals surface area contributed by atoms with E-state index in [9.17, 15) is 4.57 Å². The molecule has 0 rings (SSSR count). The molecule has 6 nitrogen and oxygen atoms in total. The number of phosphoric ester groups is 1. The summed E-state index contributed by atoms with van der Waals surface area (Å²) in [6, 6.07) is 0. The number of aliphatic hydroxyl groups is 2. The molecule has 2 N–H and O–H groups in total. The van der Waals surface area contributed by atoms with Crippen LogP contribution >= 0.6 is 7.82 Å². The van der Waals surface area contributed by atoms with E-state index in [0.717, 1.165) is 0 Å². The normalized spacial score (nSPS) is 10.4. The molecule has 76 valence electrons. The quantitative estimate of drug-likeness (QED) is 0.624. The molecule has 0 aliphatic rings. The molecule has 0 amide bonds. The molecule has 0 unspecified atom stereocenters. The van der Waals surface area contributed by atoms with Crippen LogP contribution in [0.4, 0.5) is 0 Å². The summed E-state index contributed by atoms with van der Waals surface area (Å²) in [7, 11) is 0.611. The minimum absolute atomic E-state index is 0.125. The number of hydrogen-bond acceptors (Lipinski definition) is 6. The summed E-state index contributed by atoms with van der Waals surface area (Å²) >= 11 is 0. The zero-order valence-electron chi connectivity index (χ0n) is 7.39. The molecule has 0 aromatic carbocycles. The van der Waals surface area contributed by atoms with Crippen molar-refractivity contribution in [2.45, 2.75) is 0 Å². The highest BCUT2D eigenvalue weighted by molar-refractivity contribution is 7.48. The van der Waals surface area contributed by atoms with Crippen LogP contribution in [0.2, 0.25) is 0 Å². The molecule has 0 fully saturated rings. The predicted molar refractivity (Wildman–Crippen MR) is 42.8 cm³/mol. The summed E-state index contributed by atoms with van der Waals surface area (Å²) in [4.78, 5) is 0. The van der Waals surface area contributed by atoms with Crippen molar-refractivity contribution in [3.05, 3.63) is 0 Å². The number of phosphoric acid groups is 1. The summed E-state index contributed by atoms with van der Waals surface area (Å²) in [5.74, 6) is 0. The van der Waals surface area contributed by atoms with Crippen molar-refractivity contribution in [1.29, 1.82) is 0 Å². The van der Waals surface area contributed by atoms with Gasteiger partial charge in [-0.2, -0.15) is 0 Å². The highest BCUT2D eigenvalue weighted by atomic mass is 31.2. The smallest absolute Gasteiger partial charge is 0.394 e. The minimum Gasteiger partial charge on any atom is -0.394 e. The molecule has 0 aromatic rings. The van der Waals surface area contributed by atoms with Gasteiger partial charge in [0.2, 0.25) is 0 Å². The first-order valence-electron chi connectivity index (χ1n) is 3.09. The Kier molecular flexibility index (Phi) is 11.1. The molecule has 0 saturated carbocycles. The standard InChI is InChI=1S/C3H9O4P.C2H6O2/c1-5-8(4,6-2)7-3;3-1-2-4/h1-3H3;3-4H,1-2H2. The lowest BCUT2D eigenvalue weighted by Crippen LogP contribution is -1.88. The molecule has 0 aromatic heterocycles. The predicted octanol–water partition coefficient (Wildman–Crippen LogP) is 0.00470. The number of aliphatic hydroxyl groups excluding tert-OH is 2. The maximum atomic E-state index is 10.7. The Balaban J connectivity index is 0. The summed E-state index contributed by atoms with van der Waals surface area (Å²) in [5.41, 5.74) is 0. The van der Waals surface area contributed by atoms with Crippen molar-refractivity contribution in [3.8, 4) is 0 Å². The summed E-state index contributed by atoms with van der Waals surface area (Å²) < 4.78 is 23.7. The monoisotopic (exact) mass is 202 g/mol. The maximum absolute atomic E-state index is 10.7. The van der Waals surface area contributed by atoms with Gasteiger partial charge in [0.25, 0.3) is 0 Å². The Hall–Kier alpha value is 0.0300. The van der Waals surface area contributed by atoms with Crippen molar-refractivity contribution >= 4 is 7.82 Å². The fraction of sp³-hybridized carbons (Fsp3) is 1.00. The second-order valence-corrected chi connectivity index (χ2v) is 3.43. The highest BCUT2D eigenvalue weighted by Crippen LogP contribution is 2.46. The summed E-state index contributed by atoms with van der Waals surface area (Å²) in [6.07, 6.45) is 0. The lowest BCUT2D eigenvalue weighted by Gasteiger charge is -2.08. The van der Waals surface area contributed by atoms with Crippen LogP contribution in [0.15, 0.2) is 0 Å². The molecule has 7 heteroatoms. The molecule has 0 aliphatic carbocycles. The van der Waals surface area contributed by atoms with E-state index in [1.54, 1.807) is 0 Å². The first-order valence-corrected chi connectivity index (χ1v) is 4.55. The van der Waals surface area contributed by atoms with Gasteiger partial charge < -0.3 is 10.2 Å². The van der Waals surface area contributed by atoms with Gasteiger partial charge in [-0.05, 0) is 0 Å². The van der Waals surface area contributed by atoms with Crippen molar-refractivity contribution in [2.75, 3.05) is 34.5 Å². The van der Waals surface area contributed by atoms with Crippen LogP contribution in [0.25, 0.3) is 0 Å². The lowest BCUT2D eigenvalue weighted by atomic mass is 10.8. The molecule has 0 bridgehead atoms. The lowest BCUT2D eigenvalue weighted by molar-refractivity contribution is 0.178. The van der Waals surface area contributed by atoms with Gasteiger partial charge in [0.05, 0.1) is 13.2 Å². The van der Waals surface area contributed by atoms with Gasteiger partial charge in [0.1, 0.15) is 0 Å². The van der Waals surface area contributed by atoms with Gasteiger partial charge >= 0.3 is 7.82 Å².